The highest BCUT2D eigenvalue weighted by molar-refractivity contribution is 6.03. The highest BCUT2D eigenvalue weighted by Gasteiger charge is 2.28. The average molecular weight is 427 g/mol. The van der Waals surface area contributed by atoms with Crippen LogP contribution in [0.5, 0.6) is 0 Å². The molecule has 166 valence electrons. The van der Waals surface area contributed by atoms with Crippen LogP contribution in [-0.4, -0.2) is 46.1 Å². The monoisotopic (exact) mass is 426 g/mol. The number of aromatic nitrogens is 1. The largest absolute Gasteiger partial charge is 0.444 e. The molecule has 1 aromatic heterocycles. The van der Waals surface area contributed by atoms with Crippen LogP contribution in [0.3, 0.4) is 0 Å². The van der Waals surface area contributed by atoms with E-state index in [9.17, 15) is 14.4 Å². The molecule has 0 unspecified atom stereocenters. The number of anilines is 1. The van der Waals surface area contributed by atoms with E-state index in [-0.39, 0.29) is 18.0 Å². The van der Waals surface area contributed by atoms with Crippen molar-refractivity contribution < 1.29 is 19.1 Å². The average Bonchev–Trinajstić information content (AvgIpc) is 3.16. The Morgan fingerprint density at radius 1 is 1.13 bits per heavy atom. The third-order valence-corrected chi connectivity index (χ3v) is 5.27. The number of nitrogens with two attached hydrogens (primary N) is 1. The SMILES string of the molecule is Cc1cc(NC(=O)c2cccn2C2CCN(C(=O)OC(C)(C)C)CC2)ccc1C(N)=O. The lowest BCUT2D eigenvalue weighted by Crippen LogP contribution is -2.42. The van der Waals surface area contributed by atoms with Crippen LogP contribution < -0.4 is 11.1 Å². The number of amides is 3. The molecule has 3 rings (SSSR count). The second-order valence-corrected chi connectivity index (χ2v) is 8.85. The lowest BCUT2D eigenvalue weighted by atomic mass is 10.0. The lowest BCUT2D eigenvalue weighted by Gasteiger charge is -2.34. The summed E-state index contributed by atoms with van der Waals surface area (Å²) in [6.45, 7) is 8.48. The Bertz CT molecular complexity index is 982. The van der Waals surface area contributed by atoms with Gasteiger partial charge in [0.25, 0.3) is 5.91 Å². The van der Waals surface area contributed by atoms with Gasteiger partial charge in [-0.2, -0.15) is 0 Å². The van der Waals surface area contributed by atoms with Crippen LogP contribution in [0.15, 0.2) is 36.5 Å². The number of piperidine rings is 1. The highest BCUT2D eigenvalue weighted by atomic mass is 16.6. The van der Waals surface area contributed by atoms with E-state index in [0.29, 0.717) is 35.6 Å². The Morgan fingerprint density at radius 3 is 2.39 bits per heavy atom. The Balaban J connectivity index is 1.65. The first-order valence-electron chi connectivity index (χ1n) is 10.4. The van der Waals surface area contributed by atoms with E-state index >= 15 is 0 Å². The number of likely N-dealkylation sites (tertiary alicyclic amines) is 1. The Morgan fingerprint density at radius 2 is 1.81 bits per heavy atom. The van der Waals surface area contributed by atoms with Gasteiger partial charge in [0.05, 0.1) is 0 Å². The van der Waals surface area contributed by atoms with Crippen LogP contribution in [0, 0.1) is 6.92 Å². The third kappa shape index (κ3) is 5.45. The maximum absolute atomic E-state index is 12.9. The van der Waals surface area contributed by atoms with Crippen molar-refractivity contribution in [3.63, 3.8) is 0 Å². The summed E-state index contributed by atoms with van der Waals surface area (Å²) in [4.78, 5) is 38.3. The van der Waals surface area contributed by atoms with Gasteiger partial charge < -0.3 is 25.3 Å². The Labute approximate surface area is 182 Å². The molecule has 8 heteroatoms. The van der Waals surface area contributed by atoms with E-state index in [0.717, 1.165) is 12.8 Å². The van der Waals surface area contributed by atoms with Crippen molar-refractivity contribution in [2.45, 2.75) is 52.2 Å². The minimum absolute atomic E-state index is 0.119. The van der Waals surface area contributed by atoms with Gasteiger partial charge in [0.2, 0.25) is 5.91 Å². The molecule has 0 atom stereocenters. The van der Waals surface area contributed by atoms with Crippen LogP contribution in [0.25, 0.3) is 0 Å². The predicted octanol–water partition coefficient (Wildman–Crippen LogP) is 3.72. The molecule has 0 saturated carbocycles. The van der Waals surface area contributed by atoms with Crippen molar-refractivity contribution in [2.75, 3.05) is 18.4 Å². The lowest BCUT2D eigenvalue weighted by molar-refractivity contribution is 0.0187. The standard InChI is InChI=1S/C23H30N4O4/c1-15-14-16(7-8-18(15)20(24)28)25-21(29)19-6-5-11-27(19)17-9-12-26(13-10-17)22(30)31-23(2,3)4/h5-8,11,14,17H,9-10,12-13H2,1-4H3,(H2,24,28)(H,25,29). The van der Waals surface area contributed by atoms with Gasteiger partial charge in [-0.1, -0.05) is 0 Å². The van der Waals surface area contributed by atoms with Gasteiger partial charge in [0, 0.05) is 36.6 Å². The van der Waals surface area contributed by atoms with Gasteiger partial charge in [0.15, 0.2) is 0 Å². The summed E-state index contributed by atoms with van der Waals surface area (Å²) >= 11 is 0. The normalized spacial score (nSPS) is 14.9. The summed E-state index contributed by atoms with van der Waals surface area (Å²) in [6, 6.07) is 8.74. The third-order valence-electron chi connectivity index (χ3n) is 5.27. The molecular weight excluding hydrogens is 396 g/mol. The molecule has 0 bridgehead atoms. The number of aryl methyl sites for hydroxylation is 1. The molecule has 2 aromatic rings. The Kier molecular flexibility index (Phi) is 6.38. The van der Waals surface area contributed by atoms with Crippen LogP contribution in [0.4, 0.5) is 10.5 Å². The van der Waals surface area contributed by atoms with Gasteiger partial charge in [-0.05, 0) is 76.4 Å². The quantitative estimate of drug-likeness (QED) is 0.777. The fourth-order valence-corrected chi connectivity index (χ4v) is 3.77. The number of nitrogens with one attached hydrogen (secondary N) is 1. The molecule has 2 heterocycles. The molecule has 0 aliphatic carbocycles. The molecule has 1 aliphatic rings. The highest BCUT2D eigenvalue weighted by Crippen LogP contribution is 2.26. The van der Waals surface area contributed by atoms with Crippen LogP contribution in [0.1, 0.15) is 66.1 Å². The van der Waals surface area contributed by atoms with Crippen LogP contribution >= 0.6 is 0 Å². The van der Waals surface area contributed by atoms with Gasteiger partial charge >= 0.3 is 6.09 Å². The van der Waals surface area contributed by atoms with Gasteiger partial charge in [-0.25, -0.2) is 4.79 Å². The van der Waals surface area contributed by atoms with Crippen molar-refractivity contribution in [1.82, 2.24) is 9.47 Å². The molecule has 1 saturated heterocycles. The zero-order valence-electron chi connectivity index (χ0n) is 18.5. The van der Waals surface area contributed by atoms with Crippen molar-refractivity contribution in [3.8, 4) is 0 Å². The smallest absolute Gasteiger partial charge is 0.410 e. The van der Waals surface area contributed by atoms with E-state index in [4.69, 9.17) is 10.5 Å². The fraction of sp³-hybridized carbons (Fsp3) is 0.435. The number of ether oxygens (including phenoxy) is 1. The predicted molar refractivity (Wildman–Crippen MR) is 118 cm³/mol. The number of hydrogen-bond acceptors (Lipinski definition) is 4. The molecule has 0 spiro atoms. The number of carbonyl (C=O) groups excluding carboxylic acids is 3. The summed E-state index contributed by atoms with van der Waals surface area (Å²) in [5.74, 6) is -0.729. The van der Waals surface area contributed by atoms with Gasteiger partial charge in [-0.3, -0.25) is 9.59 Å². The van der Waals surface area contributed by atoms with Crippen molar-refractivity contribution in [2.24, 2.45) is 5.73 Å². The first-order chi connectivity index (χ1) is 14.5. The second-order valence-electron chi connectivity index (χ2n) is 8.85. The van der Waals surface area contributed by atoms with E-state index < -0.39 is 11.5 Å². The van der Waals surface area contributed by atoms with E-state index in [2.05, 4.69) is 5.32 Å². The number of nitrogens with zero attached hydrogens (tertiary/aromatic N) is 2. The number of hydrogen-bond donors (Lipinski definition) is 2. The summed E-state index contributed by atoms with van der Waals surface area (Å²) in [7, 11) is 0. The molecule has 8 nitrogen and oxygen atoms in total. The first kappa shape index (κ1) is 22.4. The molecule has 0 radical (unpaired) electrons. The minimum Gasteiger partial charge on any atom is -0.444 e. The second kappa shape index (κ2) is 8.83. The zero-order chi connectivity index (χ0) is 22.8. The van der Waals surface area contributed by atoms with Crippen LogP contribution in [0.2, 0.25) is 0 Å². The number of rotatable bonds is 4. The van der Waals surface area contributed by atoms with Gasteiger partial charge in [-0.15, -0.1) is 0 Å². The molecule has 1 fully saturated rings. The summed E-state index contributed by atoms with van der Waals surface area (Å²) in [5, 5.41) is 2.89. The van der Waals surface area contributed by atoms with Gasteiger partial charge in [0.1, 0.15) is 11.3 Å². The van der Waals surface area contributed by atoms with Crippen LogP contribution in [-0.2, 0) is 4.74 Å². The molecule has 31 heavy (non-hydrogen) atoms. The Hall–Kier alpha value is -3.29. The molecular formula is C23H30N4O4. The maximum Gasteiger partial charge on any atom is 0.410 e. The van der Waals surface area contributed by atoms with E-state index in [1.807, 2.05) is 37.6 Å². The van der Waals surface area contributed by atoms with E-state index in [1.165, 1.54) is 0 Å². The number of carbonyl (C=O) groups is 3. The fourth-order valence-electron chi connectivity index (χ4n) is 3.77. The molecule has 3 N–H and O–H groups in total. The summed E-state index contributed by atoms with van der Waals surface area (Å²) < 4.78 is 7.42. The summed E-state index contributed by atoms with van der Waals surface area (Å²) in [5.41, 5.74) is 7.10. The van der Waals surface area contributed by atoms with Crippen molar-refractivity contribution >= 4 is 23.6 Å². The van der Waals surface area contributed by atoms with Crippen molar-refractivity contribution in [3.05, 3.63) is 53.3 Å². The van der Waals surface area contributed by atoms with E-state index in [1.54, 1.807) is 36.1 Å². The van der Waals surface area contributed by atoms with Crippen molar-refractivity contribution in [1.29, 1.82) is 0 Å². The minimum atomic E-state index is -0.520. The summed E-state index contributed by atoms with van der Waals surface area (Å²) in [6.07, 6.45) is 3.07. The zero-order valence-corrected chi connectivity index (χ0v) is 18.5. The molecule has 1 aliphatic heterocycles. The topological polar surface area (TPSA) is 107 Å². The maximum atomic E-state index is 12.9. The molecule has 1 aromatic carbocycles. The number of benzene rings is 1. The number of primary amides is 1. The molecule has 3 amide bonds. The first-order valence-corrected chi connectivity index (χ1v) is 10.4.